The van der Waals surface area contributed by atoms with Gasteiger partial charge in [0, 0.05) is 5.69 Å². The van der Waals surface area contributed by atoms with Gasteiger partial charge < -0.3 is 15.8 Å². The van der Waals surface area contributed by atoms with Crippen molar-refractivity contribution in [1.82, 2.24) is 0 Å². The smallest absolute Gasteiger partial charge is 0.245 e. The average Bonchev–Trinajstić information content (AvgIpc) is 2.54. The molecule has 0 heterocycles. The molecule has 2 rings (SSSR count). The van der Waals surface area contributed by atoms with E-state index in [2.05, 4.69) is 12.2 Å². The molecular weight excluding hydrogens is 264 g/mol. The Balaban J connectivity index is 1.96. The van der Waals surface area contributed by atoms with Crippen molar-refractivity contribution in [2.24, 2.45) is 5.73 Å². The Hall–Kier alpha value is -2.33. The van der Waals surface area contributed by atoms with Gasteiger partial charge in [-0.05, 0) is 36.2 Å². The maximum Gasteiger partial charge on any atom is 0.245 e. The number of carbonyl (C=O) groups is 1. The fourth-order valence-corrected chi connectivity index (χ4v) is 1.89. The van der Waals surface area contributed by atoms with Crippen molar-refractivity contribution >= 4 is 11.6 Å². The first-order valence-electron chi connectivity index (χ1n) is 7.05. The molecular formula is C17H20N2O2. The van der Waals surface area contributed by atoms with Gasteiger partial charge in [0.25, 0.3) is 0 Å². The summed E-state index contributed by atoms with van der Waals surface area (Å²) in [5.41, 5.74) is 7.44. The molecule has 1 amide bonds. The first-order chi connectivity index (χ1) is 10.2. The van der Waals surface area contributed by atoms with Crippen LogP contribution >= 0.6 is 0 Å². The lowest BCUT2D eigenvalue weighted by atomic mass is 10.1. The molecule has 4 nitrogen and oxygen atoms in total. The van der Waals surface area contributed by atoms with Gasteiger partial charge in [0.1, 0.15) is 11.8 Å². The first-order valence-corrected chi connectivity index (χ1v) is 7.05. The molecule has 3 N–H and O–H groups in total. The number of anilines is 1. The predicted molar refractivity (Wildman–Crippen MR) is 84.2 cm³/mol. The molecule has 0 aliphatic carbocycles. The lowest BCUT2D eigenvalue weighted by Gasteiger charge is -2.13. The number of hydrogen-bond donors (Lipinski definition) is 2. The van der Waals surface area contributed by atoms with E-state index in [1.165, 1.54) is 0 Å². The topological polar surface area (TPSA) is 64.3 Å². The first kappa shape index (κ1) is 15.1. The molecule has 0 aromatic heterocycles. The van der Waals surface area contributed by atoms with Gasteiger partial charge in [0.2, 0.25) is 5.91 Å². The van der Waals surface area contributed by atoms with E-state index in [4.69, 9.17) is 10.5 Å². The highest BCUT2D eigenvalue weighted by molar-refractivity contribution is 5.95. The third kappa shape index (κ3) is 4.33. The molecule has 21 heavy (non-hydrogen) atoms. The normalized spacial score (nSPS) is 11.7. The minimum Gasteiger partial charge on any atom is -0.494 e. The molecule has 0 aliphatic rings. The molecule has 4 heteroatoms. The zero-order valence-corrected chi connectivity index (χ0v) is 12.1. The Morgan fingerprint density at radius 3 is 2.43 bits per heavy atom. The maximum absolute atomic E-state index is 12.1. The van der Waals surface area contributed by atoms with Crippen LogP contribution in [-0.2, 0) is 4.79 Å². The number of rotatable bonds is 6. The highest BCUT2D eigenvalue weighted by Crippen LogP contribution is 2.18. The molecule has 0 unspecified atom stereocenters. The molecule has 0 bridgehead atoms. The van der Waals surface area contributed by atoms with Crippen LogP contribution in [0.1, 0.15) is 24.9 Å². The molecule has 2 aromatic rings. The van der Waals surface area contributed by atoms with E-state index >= 15 is 0 Å². The molecule has 0 saturated carbocycles. The SMILES string of the molecule is CCCOc1ccc(NC(=O)[C@H](N)c2ccccc2)cc1. The maximum atomic E-state index is 12.1. The molecule has 0 radical (unpaired) electrons. The van der Waals surface area contributed by atoms with Gasteiger partial charge in [0.05, 0.1) is 6.61 Å². The Bertz CT molecular complexity index is 567. The highest BCUT2D eigenvalue weighted by Gasteiger charge is 2.15. The summed E-state index contributed by atoms with van der Waals surface area (Å²) >= 11 is 0. The molecule has 0 fully saturated rings. The fraction of sp³-hybridized carbons (Fsp3) is 0.235. The van der Waals surface area contributed by atoms with Crippen molar-refractivity contribution in [3.8, 4) is 5.75 Å². The van der Waals surface area contributed by atoms with Crippen LogP contribution in [-0.4, -0.2) is 12.5 Å². The highest BCUT2D eigenvalue weighted by atomic mass is 16.5. The van der Waals surface area contributed by atoms with E-state index in [9.17, 15) is 4.79 Å². The summed E-state index contributed by atoms with van der Waals surface area (Å²) in [4.78, 5) is 12.1. The van der Waals surface area contributed by atoms with Crippen LogP contribution < -0.4 is 15.8 Å². The van der Waals surface area contributed by atoms with Crippen molar-refractivity contribution in [3.05, 3.63) is 60.2 Å². The Labute approximate surface area is 124 Å². The van der Waals surface area contributed by atoms with Gasteiger partial charge >= 0.3 is 0 Å². The Morgan fingerprint density at radius 1 is 1.14 bits per heavy atom. The van der Waals surface area contributed by atoms with E-state index in [0.29, 0.717) is 12.3 Å². The average molecular weight is 284 g/mol. The zero-order chi connectivity index (χ0) is 15.1. The second kappa shape index (κ2) is 7.45. The van der Waals surface area contributed by atoms with Gasteiger partial charge in [-0.1, -0.05) is 37.3 Å². The summed E-state index contributed by atoms with van der Waals surface area (Å²) in [5.74, 6) is 0.561. The third-order valence-corrected chi connectivity index (χ3v) is 3.04. The number of hydrogen-bond acceptors (Lipinski definition) is 3. The molecule has 0 aliphatic heterocycles. The molecule has 2 aromatic carbocycles. The summed E-state index contributed by atoms with van der Waals surface area (Å²) in [6.07, 6.45) is 0.963. The second-order valence-corrected chi connectivity index (χ2v) is 4.75. The van der Waals surface area contributed by atoms with Gasteiger partial charge in [0.15, 0.2) is 0 Å². The van der Waals surface area contributed by atoms with E-state index in [1.54, 1.807) is 12.1 Å². The van der Waals surface area contributed by atoms with Crippen LogP contribution in [0.5, 0.6) is 5.75 Å². The van der Waals surface area contributed by atoms with Gasteiger partial charge in [-0.2, -0.15) is 0 Å². The van der Waals surface area contributed by atoms with Crippen LogP contribution in [0.15, 0.2) is 54.6 Å². The molecule has 110 valence electrons. The Morgan fingerprint density at radius 2 is 1.81 bits per heavy atom. The molecule has 0 saturated heterocycles. The van der Waals surface area contributed by atoms with Crippen molar-refractivity contribution in [3.63, 3.8) is 0 Å². The number of nitrogens with two attached hydrogens (primary N) is 1. The van der Waals surface area contributed by atoms with Crippen LogP contribution in [0.2, 0.25) is 0 Å². The van der Waals surface area contributed by atoms with Crippen molar-refractivity contribution in [2.45, 2.75) is 19.4 Å². The van der Waals surface area contributed by atoms with Crippen molar-refractivity contribution in [2.75, 3.05) is 11.9 Å². The molecule has 0 spiro atoms. The largest absolute Gasteiger partial charge is 0.494 e. The second-order valence-electron chi connectivity index (χ2n) is 4.75. The molecule has 1 atom stereocenters. The van der Waals surface area contributed by atoms with E-state index in [-0.39, 0.29) is 5.91 Å². The summed E-state index contributed by atoms with van der Waals surface area (Å²) in [6.45, 7) is 2.74. The lowest BCUT2D eigenvalue weighted by molar-refractivity contribution is -0.117. The zero-order valence-electron chi connectivity index (χ0n) is 12.1. The van der Waals surface area contributed by atoms with E-state index in [0.717, 1.165) is 17.7 Å². The van der Waals surface area contributed by atoms with Crippen LogP contribution in [0, 0.1) is 0 Å². The monoisotopic (exact) mass is 284 g/mol. The standard InChI is InChI=1S/C17H20N2O2/c1-2-12-21-15-10-8-14(9-11-15)19-17(20)16(18)13-6-4-3-5-7-13/h3-11,16H,2,12,18H2,1H3,(H,19,20)/t16-/m1/s1. The minimum atomic E-state index is -0.679. The summed E-state index contributed by atoms with van der Waals surface area (Å²) in [7, 11) is 0. The number of nitrogens with one attached hydrogen (secondary N) is 1. The minimum absolute atomic E-state index is 0.233. The van der Waals surface area contributed by atoms with Gasteiger partial charge in [-0.3, -0.25) is 4.79 Å². The number of carbonyl (C=O) groups excluding carboxylic acids is 1. The van der Waals surface area contributed by atoms with Crippen LogP contribution in [0.4, 0.5) is 5.69 Å². The van der Waals surface area contributed by atoms with E-state index < -0.39 is 6.04 Å². The Kier molecular flexibility index (Phi) is 5.35. The van der Waals surface area contributed by atoms with Gasteiger partial charge in [-0.25, -0.2) is 0 Å². The summed E-state index contributed by atoms with van der Waals surface area (Å²) in [6, 6.07) is 15.9. The van der Waals surface area contributed by atoms with Crippen LogP contribution in [0.3, 0.4) is 0 Å². The lowest BCUT2D eigenvalue weighted by Crippen LogP contribution is -2.27. The number of benzene rings is 2. The van der Waals surface area contributed by atoms with Gasteiger partial charge in [-0.15, -0.1) is 0 Å². The van der Waals surface area contributed by atoms with E-state index in [1.807, 2.05) is 42.5 Å². The summed E-state index contributed by atoms with van der Waals surface area (Å²) < 4.78 is 5.49. The van der Waals surface area contributed by atoms with Crippen molar-refractivity contribution in [1.29, 1.82) is 0 Å². The number of amides is 1. The van der Waals surface area contributed by atoms with Crippen LogP contribution in [0.25, 0.3) is 0 Å². The fourth-order valence-electron chi connectivity index (χ4n) is 1.89. The van der Waals surface area contributed by atoms with Crippen molar-refractivity contribution < 1.29 is 9.53 Å². The summed E-state index contributed by atoms with van der Waals surface area (Å²) in [5, 5.41) is 2.80. The quantitative estimate of drug-likeness (QED) is 0.856. The predicted octanol–water partition coefficient (Wildman–Crippen LogP) is 3.11. The third-order valence-electron chi connectivity index (χ3n) is 3.04. The number of ether oxygens (including phenoxy) is 1.